The molecule has 0 spiro atoms. The van der Waals surface area contributed by atoms with Gasteiger partial charge in [-0.25, -0.2) is 15.8 Å². The summed E-state index contributed by atoms with van der Waals surface area (Å²) in [4.78, 5) is 3.77. The van der Waals surface area contributed by atoms with Gasteiger partial charge in [0.2, 0.25) is 0 Å². The third kappa shape index (κ3) is 1.48. The van der Waals surface area contributed by atoms with Crippen molar-refractivity contribution in [1.82, 2.24) is 4.98 Å². The van der Waals surface area contributed by atoms with Crippen molar-refractivity contribution in [1.29, 1.82) is 5.26 Å². The van der Waals surface area contributed by atoms with Crippen molar-refractivity contribution in [3.05, 3.63) is 12.5 Å². The molecule has 1 heterocycles. The van der Waals surface area contributed by atoms with Gasteiger partial charge < -0.3 is 4.42 Å². The largest absolute Gasteiger partial charge is 0.431 e. The fourth-order valence-electron chi connectivity index (χ4n) is 0.571. The van der Waals surface area contributed by atoms with Crippen molar-refractivity contribution < 1.29 is 4.42 Å². The summed E-state index contributed by atoms with van der Waals surface area (Å²) in [7, 11) is 0. The third-order valence-electron chi connectivity index (χ3n) is 1.24. The smallest absolute Gasteiger partial charge is 0.313 e. The van der Waals surface area contributed by atoms with Gasteiger partial charge in [-0.1, -0.05) is 0 Å². The van der Waals surface area contributed by atoms with Crippen LogP contribution in [0.25, 0.3) is 0 Å². The van der Waals surface area contributed by atoms with Gasteiger partial charge in [-0.2, -0.15) is 5.26 Å². The van der Waals surface area contributed by atoms with Crippen molar-refractivity contribution in [2.24, 2.45) is 5.84 Å². The standard InChI is InChI=1S/C6H8N4O/c1-5(4-7)10(8)6-9-2-3-11-6/h2-3,5H,8H2,1H3. The van der Waals surface area contributed by atoms with Gasteiger partial charge >= 0.3 is 6.01 Å². The molecule has 0 fully saturated rings. The van der Waals surface area contributed by atoms with Gasteiger partial charge in [-0.15, -0.1) is 0 Å². The van der Waals surface area contributed by atoms with Crippen molar-refractivity contribution in [2.45, 2.75) is 13.0 Å². The summed E-state index contributed by atoms with van der Waals surface area (Å²) in [6.45, 7) is 1.66. The fourth-order valence-corrected chi connectivity index (χ4v) is 0.571. The van der Waals surface area contributed by atoms with Crippen LogP contribution in [-0.4, -0.2) is 11.0 Å². The summed E-state index contributed by atoms with van der Waals surface area (Å²) in [5.41, 5.74) is 0. The maximum Gasteiger partial charge on any atom is 0.313 e. The Morgan fingerprint density at radius 1 is 1.91 bits per heavy atom. The molecule has 0 aliphatic carbocycles. The molecule has 0 aliphatic rings. The van der Waals surface area contributed by atoms with Crippen molar-refractivity contribution >= 4 is 6.01 Å². The Bertz CT molecular complexity index is 250. The molecule has 11 heavy (non-hydrogen) atoms. The molecular formula is C6H8N4O. The molecule has 0 aliphatic heterocycles. The quantitative estimate of drug-likeness (QED) is 0.486. The molecule has 2 N–H and O–H groups in total. The van der Waals surface area contributed by atoms with E-state index in [-0.39, 0.29) is 6.01 Å². The predicted octanol–water partition coefficient (Wildman–Crippen LogP) is 0.267. The molecule has 1 unspecified atom stereocenters. The zero-order valence-electron chi connectivity index (χ0n) is 6.06. The van der Waals surface area contributed by atoms with E-state index < -0.39 is 6.04 Å². The second kappa shape index (κ2) is 3.03. The molecule has 0 bridgehead atoms. The first kappa shape index (κ1) is 7.57. The molecule has 1 rings (SSSR count). The fraction of sp³-hybridized carbons (Fsp3) is 0.333. The molecule has 0 aromatic carbocycles. The Hall–Kier alpha value is -1.54. The zero-order valence-corrected chi connectivity index (χ0v) is 6.06. The summed E-state index contributed by atoms with van der Waals surface area (Å²) in [5, 5.41) is 9.63. The minimum Gasteiger partial charge on any atom is -0.431 e. The topological polar surface area (TPSA) is 79.1 Å². The normalized spacial score (nSPS) is 12.1. The molecule has 0 amide bonds. The summed E-state index contributed by atoms with van der Waals surface area (Å²) in [6, 6.07) is 1.77. The number of aromatic nitrogens is 1. The highest BCUT2D eigenvalue weighted by atomic mass is 16.4. The van der Waals surface area contributed by atoms with Gasteiger partial charge in [0, 0.05) is 0 Å². The van der Waals surface area contributed by atoms with Crippen LogP contribution < -0.4 is 10.9 Å². The minimum atomic E-state index is -0.436. The Labute approximate surface area is 64.0 Å². The maximum atomic E-state index is 8.46. The van der Waals surface area contributed by atoms with Crippen molar-refractivity contribution in [2.75, 3.05) is 5.01 Å². The van der Waals surface area contributed by atoms with E-state index in [9.17, 15) is 0 Å². The number of nitrogens with two attached hydrogens (primary N) is 1. The van der Waals surface area contributed by atoms with Crippen LogP contribution in [0.15, 0.2) is 16.9 Å². The van der Waals surface area contributed by atoms with Crippen LogP contribution in [0.5, 0.6) is 0 Å². The highest BCUT2D eigenvalue weighted by Gasteiger charge is 2.12. The van der Waals surface area contributed by atoms with Crippen LogP contribution in [0.1, 0.15) is 6.92 Å². The number of nitrogens with zero attached hydrogens (tertiary/aromatic N) is 3. The summed E-state index contributed by atoms with van der Waals surface area (Å²) in [5.74, 6) is 5.45. The molecule has 1 aromatic rings. The van der Waals surface area contributed by atoms with Gasteiger partial charge in [0.25, 0.3) is 0 Å². The molecular weight excluding hydrogens is 144 g/mol. The van der Waals surface area contributed by atoms with E-state index in [0.29, 0.717) is 0 Å². The molecule has 5 heteroatoms. The highest BCUT2D eigenvalue weighted by Crippen LogP contribution is 2.07. The van der Waals surface area contributed by atoms with Gasteiger partial charge in [-0.05, 0) is 6.92 Å². The van der Waals surface area contributed by atoms with E-state index in [1.54, 1.807) is 6.92 Å². The second-order valence-electron chi connectivity index (χ2n) is 2.03. The first-order valence-corrected chi connectivity index (χ1v) is 3.08. The lowest BCUT2D eigenvalue weighted by Crippen LogP contribution is -2.38. The van der Waals surface area contributed by atoms with Crippen molar-refractivity contribution in [3.8, 4) is 6.07 Å². The molecule has 0 radical (unpaired) electrons. The average Bonchev–Trinajstić information content (AvgIpc) is 2.53. The number of hydrogen-bond acceptors (Lipinski definition) is 5. The first-order valence-electron chi connectivity index (χ1n) is 3.08. The summed E-state index contributed by atoms with van der Waals surface area (Å²) in [6.07, 6.45) is 2.87. The molecule has 0 saturated carbocycles. The number of oxazole rings is 1. The molecule has 0 saturated heterocycles. The molecule has 1 atom stereocenters. The lowest BCUT2D eigenvalue weighted by Gasteiger charge is -2.14. The maximum absolute atomic E-state index is 8.46. The molecule has 1 aromatic heterocycles. The molecule has 58 valence electrons. The minimum absolute atomic E-state index is 0.249. The van der Waals surface area contributed by atoms with E-state index in [0.717, 1.165) is 0 Å². The highest BCUT2D eigenvalue weighted by molar-refractivity contribution is 5.26. The number of anilines is 1. The first-order chi connectivity index (χ1) is 5.25. The van der Waals surface area contributed by atoms with Gasteiger partial charge in [0.05, 0.1) is 12.3 Å². The third-order valence-corrected chi connectivity index (χ3v) is 1.24. The van der Waals surface area contributed by atoms with Crippen LogP contribution in [0, 0.1) is 11.3 Å². The van der Waals surface area contributed by atoms with E-state index in [4.69, 9.17) is 15.5 Å². The van der Waals surface area contributed by atoms with Crippen LogP contribution >= 0.6 is 0 Å². The van der Waals surface area contributed by atoms with Crippen LogP contribution in [0.2, 0.25) is 0 Å². The lowest BCUT2D eigenvalue weighted by molar-refractivity contribution is 0.528. The SMILES string of the molecule is CC(C#N)N(N)c1ncco1. The monoisotopic (exact) mass is 152 g/mol. The van der Waals surface area contributed by atoms with Gasteiger partial charge in [0.15, 0.2) is 0 Å². The zero-order chi connectivity index (χ0) is 8.27. The van der Waals surface area contributed by atoms with Crippen molar-refractivity contribution in [3.63, 3.8) is 0 Å². The Morgan fingerprint density at radius 3 is 3.09 bits per heavy atom. The molecule has 5 nitrogen and oxygen atoms in total. The summed E-state index contributed by atoms with van der Waals surface area (Å²) < 4.78 is 4.86. The van der Waals surface area contributed by atoms with E-state index in [2.05, 4.69) is 4.98 Å². The van der Waals surface area contributed by atoms with Gasteiger partial charge in [-0.3, -0.25) is 0 Å². The predicted molar refractivity (Wildman–Crippen MR) is 38.2 cm³/mol. The summed E-state index contributed by atoms with van der Waals surface area (Å²) >= 11 is 0. The Balaban J connectivity index is 2.71. The van der Waals surface area contributed by atoms with Crippen LogP contribution in [0.3, 0.4) is 0 Å². The average molecular weight is 152 g/mol. The van der Waals surface area contributed by atoms with Crippen LogP contribution in [0.4, 0.5) is 6.01 Å². The van der Waals surface area contributed by atoms with E-state index in [1.807, 2.05) is 6.07 Å². The van der Waals surface area contributed by atoms with E-state index >= 15 is 0 Å². The number of rotatable bonds is 2. The number of hydrogen-bond donors (Lipinski definition) is 1. The lowest BCUT2D eigenvalue weighted by atomic mass is 10.4. The number of hydrazine groups is 1. The second-order valence-corrected chi connectivity index (χ2v) is 2.03. The van der Waals surface area contributed by atoms with Crippen LogP contribution in [-0.2, 0) is 0 Å². The van der Waals surface area contributed by atoms with Gasteiger partial charge in [0.1, 0.15) is 12.3 Å². The Morgan fingerprint density at radius 2 is 2.64 bits per heavy atom. The van der Waals surface area contributed by atoms with E-state index in [1.165, 1.54) is 17.5 Å². The Kier molecular flexibility index (Phi) is 2.09. The number of nitriles is 1.